The molecule has 168 valence electrons. The lowest BCUT2D eigenvalue weighted by Crippen LogP contribution is -2.66. The Balaban J connectivity index is 1.74. The summed E-state index contributed by atoms with van der Waals surface area (Å²) >= 11 is 0. The van der Waals surface area contributed by atoms with Crippen molar-refractivity contribution < 1.29 is 18.4 Å². The minimum Gasteiger partial charge on any atom is -0.464 e. The smallest absolute Gasteiger partial charge is 0.289 e. The van der Waals surface area contributed by atoms with E-state index in [4.69, 9.17) is 14.6 Å². The summed E-state index contributed by atoms with van der Waals surface area (Å²) < 4.78 is 12.5. The van der Waals surface area contributed by atoms with Crippen LogP contribution in [-0.4, -0.2) is 20.0 Å². The molecule has 0 aliphatic rings. The van der Waals surface area contributed by atoms with Gasteiger partial charge in [-0.3, -0.25) is 9.59 Å². The Morgan fingerprint density at radius 2 is 1.48 bits per heavy atom. The first-order valence-electron chi connectivity index (χ1n) is 10.8. The predicted molar refractivity (Wildman–Crippen MR) is 132 cm³/mol. The fourth-order valence-electron chi connectivity index (χ4n) is 4.42. The molecule has 6 heteroatoms. The lowest BCUT2D eigenvalue weighted by Gasteiger charge is -2.43. The number of rotatable bonds is 7. The van der Waals surface area contributed by atoms with E-state index in [0.717, 1.165) is 5.56 Å². The zero-order valence-electron chi connectivity index (χ0n) is 19.0. The Morgan fingerprint density at radius 1 is 0.909 bits per heavy atom. The molecule has 1 aromatic heterocycles. The zero-order valence-corrected chi connectivity index (χ0v) is 20.0. The summed E-state index contributed by atoms with van der Waals surface area (Å²) in [5.74, 6) is -1.76. The van der Waals surface area contributed by atoms with Crippen LogP contribution in [0.1, 0.15) is 36.7 Å². The van der Waals surface area contributed by atoms with Crippen LogP contribution in [0.15, 0.2) is 89.5 Å². The molecule has 0 fully saturated rings. The number of Topliss-reactive ketones (excluding diaryl/α,β-unsaturated/α-hetero) is 1. The highest BCUT2D eigenvalue weighted by Crippen LogP contribution is 2.37. The van der Waals surface area contributed by atoms with Crippen molar-refractivity contribution in [2.75, 3.05) is 0 Å². The van der Waals surface area contributed by atoms with Gasteiger partial charge in [0.25, 0.3) is 20.0 Å². The molecule has 4 rings (SSSR count). The van der Waals surface area contributed by atoms with E-state index in [1.807, 2.05) is 24.3 Å². The molecule has 0 radical (unpaired) electrons. The van der Waals surface area contributed by atoms with Crippen LogP contribution in [0.5, 0.6) is 0 Å². The van der Waals surface area contributed by atoms with Gasteiger partial charge in [-0.25, -0.2) is 0 Å². The Hall–Kier alpha value is -3.48. The summed E-state index contributed by atoms with van der Waals surface area (Å²) in [6.45, 7) is 7.08. The molecule has 4 aromatic rings. The molecule has 2 N–H and O–H groups in total. The van der Waals surface area contributed by atoms with E-state index in [2.05, 4.69) is 69.3 Å². The number of carbonyl (C=O) groups is 2. The summed E-state index contributed by atoms with van der Waals surface area (Å²) in [4.78, 5) is 23.3. The molecule has 33 heavy (non-hydrogen) atoms. The molecule has 1 heterocycles. The average Bonchev–Trinajstić information content (AvgIpc) is 3.22. The number of furan rings is 1. The van der Waals surface area contributed by atoms with Crippen molar-refractivity contribution in [3.8, 4) is 0 Å². The minimum atomic E-state index is -2.67. The number of carbonyl (C=O) groups excluding carboxylic acids is 2. The van der Waals surface area contributed by atoms with Gasteiger partial charge in [-0.15, -0.1) is 0 Å². The Kier molecular flexibility index (Phi) is 6.06. The summed E-state index contributed by atoms with van der Waals surface area (Å²) in [5, 5.41) is 2.84. The highest BCUT2D eigenvalue weighted by molar-refractivity contribution is 6.99. The molecule has 0 unspecified atom stereocenters. The van der Waals surface area contributed by atoms with Crippen LogP contribution in [0.4, 0.5) is 0 Å². The van der Waals surface area contributed by atoms with Crippen LogP contribution >= 0.6 is 0 Å². The van der Waals surface area contributed by atoms with Crippen LogP contribution in [0.3, 0.4) is 0 Å². The number of benzene rings is 3. The molecule has 0 aliphatic carbocycles. The van der Waals surface area contributed by atoms with Gasteiger partial charge in [0.05, 0.1) is 12.2 Å². The van der Waals surface area contributed by atoms with Gasteiger partial charge in [-0.1, -0.05) is 93.6 Å². The Labute approximate surface area is 194 Å². The molecule has 0 atom stereocenters. The van der Waals surface area contributed by atoms with Crippen LogP contribution in [-0.2, 0) is 15.8 Å². The highest BCUT2D eigenvalue weighted by atomic mass is 28.4. The van der Waals surface area contributed by atoms with Crippen molar-refractivity contribution in [1.82, 2.24) is 0 Å². The minimum absolute atomic E-state index is 0.133. The van der Waals surface area contributed by atoms with E-state index in [-0.39, 0.29) is 10.6 Å². The number of hydrogen-bond acceptors (Lipinski definition) is 4. The summed E-state index contributed by atoms with van der Waals surface area (Å²) in [6, 6.07) is 26.4. The summed E-state index contributed by atoms with van der Waals surface area (Å²) in [5.41, 5.74) is 6.76. The first-order chi connectivity index (χ1) is 15.7. The third-order valence-corrected chi connectivity index (χ3v) is 11.0. The maximum absolute atomic E-state index is 12.0. The maximum atomic E-state index is 12.0. The normalized spacial score (nSPS) is 12.1. The molecule has 0 saturated heterocycles. The van der Waals surface area contributed by atoms with E-state index < -0.39 is 20.0 Å². The lowest BCUT2D eigenvalue weighted by atomic mass is 10.1. The van der Waals surface area contributed by atoms with Gasteiger partial charge in [0.2, 0.25) is 0 Å². The van der Waals surface area contributed by atoms with Crippen molar-refractivity contribution in [2.45, 2.75) is 32.4 Å². The monoisotopic (exact) mass is 457 g/mol. The first-order valence-corrected chi connectivity index (χ1v) is 12.7. The quantitative estimate of drug-likeness (QED) is 0.256. The second-order valence-electron chi connectivity index (χ2n) is 9.13. The van der Waals surface area contributed by atoms with Crippen LogP contribution in [0.25, 0.3) is 11.0 Å². The standard InChI is InChI=1S/C27H27NO4Si/c1-27(2,3)33(20-10-6-4-7-11-20,21-12-8-5-9-13-21)32-17-19-14-15-22-23(25(29)26(28)30)18-31-24(22)16-19/h4-16,18H,17H2,1-3H3,(H2,28,30). The number of primary amides is 1. The molecular weight excluding hydrogens is 430 g/mol. The van der Waals surface area contributed by atoms with Crippen LogP contribution < -0.4 is 16.1 Å². The van der Waals surface area contributed by atoms with Gasteiger partial charge in [-0.05, 0) is 27.0 Å². The fraction of sp³-hybridized carbons (Fsp3) is 0.185. The average molecular weight is 458 g/mol. The topological polar surface area (TPSA) is 82.5 Å². The third-order valence-electron chi connectivity index (χ3n) is 5.98. The SMILES string of the molecule is CC(C)(C)[Si](OCc1ccc2c(C(=O)C(N)=O)coc2c1)(c1ccccc1)c1ccccc1. The molecule has 3 aromatic carbocycles. The van der Waals surface area contributed by atoms with Crippen LogP contribution in [0, 0.1) is 0 Å². The highest BCUT2D eigenvalue weighted by Gasteiger charge is 2.50. The Morgan fingerprint density at radius 3 is 2.00 bits per heavy atom. The van der Waals surface area contributed by atoms with Crippen LogP contribution in [0.2, 0.25) is 5.04 Å². The first kappa shape index (κ1) is 22.7. The number of nitrogens with two attached hydrogens (primary N) is 1. The van der Waals surface area contributed by atoms with E-state index in [1.54, 1.807) is 6.07 Å². The van der Waals surface area contributed by atoms with Crippen molar-refractivity contribution in [2.24, 2.45) is 5.73 Å². The summed E-state index contributed by atoms with van der Waals surface area (Å²) in [6.07, 6.45) is 1.28. The van der Waals surface area contributed by atoms with E-state index >= 15 is 0 Å². The van der Waals surface area contributed by atoms with E-state index in [1.165, 1.54) is 16.6 Å². The molecule has 0 saturated carbocycles. The molecule has 0 aliphatic heterocycles. The Bertz CT molecular complexity index is 1250. The van der Waals surface area contributed by atoms with Gasteiger partial charge in [0.15, 0.2) is 0 Å². The van der Waals surface area contributed by atoms with Gasteiger partial charge in [-0.2, -0.15) is 0 Å². The van der Waals surface area contributed by atoms with Gasteiger partial charge in [0, 0.05) is 5.39 Å². The molecule has 0 bridgehead atoms. The maximum Gasteiger partial charge on any atom is 0.289 e. The van der Waals surface area contributed by atoms with Gasteiger partial charge in [0.1, 0.15) is 11.8 Å². The molecular formula is C27H27NO4Si. The second-order valence-corrected chi connectivity index (χ2v) is 13.4. The number of amides is 1. The van der Waals surface area contributed by atoms with Gasteiger partial charge >= 0.3 is 0 Å². The number of hydrogen-bond donors (Lipinski definition) is 1. The molecule has 0 spiro atoms. The largest absolute Gasteiger partial charge is 0.464 e. The number of fused-ring (bicyclic) bond motifs is 1. The van der Waals surface area contributed by atoms with E-state index in [0.29, 0.717) is 17.6 Å². The van der Waals surface area contributed by atoms with Crippen molar-refractivity contribution >= 4 is 41.4 Å². The number of ketones is 1. The zero-order chi connectivity index (χ0) is 23.6. The van der Waals surface area contributed by atoms with Gasteiger partial charge < -0.3 is 14.6 Å². The van der Waals surface area contributed by atoms with E-state index in [9.17, 15) is 9.59 Å². The van der Waals surface area contributed by atoms with Crippen molar-refractivity contribution in [3.05, 3.63) is 96.3 Å². The fourth-order valence-corrected chi connectivity index (χ4v) is 8.96. The molecule has 1 amide bonds. The summed E-state index contributed by atoms with van der Waals surface area (Å²) in [7, 11) is -2.67. The third kappa shape index (κ3) is 4.15. The van der Waals surface area contributed by atoms with Crippen molar-refractivity contribution in [3.63, 3.8) is 0 Å². The predicted octanol–water partition coefficient (Wildman–Crippen LogP) is 4.18. The lowest BCUT2D eigenvalue weighted by molar-refractivity contribution is -0.114. The molecule has 5 nitrogen and oxygen atoms in total. The van der Waals surface area contributed by atoms with Crippen molar-refractivity contribution in [1.29, 1.82) is 0 Å². The second kappa shape index (κ2) is 8.81.